The van der Waals surface area contributed by atoms with Gasteiger partial charge in [0.25, 0.3) is 0 Å². The van der Waals surface area contributed by atoms with Crippen molar-refractivity contribution in [3.63, 3.8) is 0 Å². The third kappa shape index (κ3) is 3.80. The Morgan fingerprint density at radius 3 is 2.70 bits per heavy atom. The van der Waals surface area contributed by atoms with Gasteiger partial charge in [0.2, 0.25) is 0 Å². The second kappa shape index (κ2) is 7.19. The van der Waals surface area contributed by atoms with Crippen LogP contribution in [0.25, 0.3) is 10.9 Å². The molecule has 1 fully saturated rings. The summed E-state index contributed by atoms with van der Waals surface area (Å²) in [6.07, 6.45) is 8.43. The van der Waals surface area contributed by atoms with Gasteiger partial charge in [-0.05, 0) is 25.0 Å². The molecule has 0 saturated heterocycles. The average Bonchev–Trinajstić information content (AvgIpc) is 2.70. The van der Waals surface area contributed by atoms with E-state index >= 15 is 0 Å². The van der Waals surface area contributed by atoms with Crippen LogP contribution >= 0.6 is 11.8 Å². The van der Waals surface area contributed by atoms with Crippen molar-refractivity contribution < 1.29 is 0 Å². The standard InChI is InChI=1S/C17H24N2S/c1-2-4-9-15(8-3-1)18-11-12-20-17-13-14-7-5-6-10-16(14)19-17/h5-7,10,13,15,18-19H,1-4,8-9,11-12H2. The van der Waals surface area contributed by atoms with E-state index in [2.05, 4.69) is 40.6 Å². The number of aromatic nitrogens is 1. The minimum Gasteiger partial charge on any atom is -0.350 e. The Morgan fingerprint density at radius 2 is 1.90 bits per heavy atom. The number of hydrogen-bond acceptors (Lipinski definition) is 2. The Bertz CT molecular complexity index is 494. The number of para-hydroxylation sites is 1. The summed E-state index contributed by atoms with van der Waals surface area (Å²) in [4.78, 5) is 3.48. The second-order valence-electron chi connectivity index (χ2n) is 5.71. The van der Waals surface area contributed by atoms with E-state index in [1.54, 1.807) is 0 Å². The molecule has 2 aromatic rings. The fourth-order valence-corrected chi connectivity index (χ4v) is 3.86. The normalized spacial score (nSPS) is 17.4. The lowest BCUT2D eigenvalue weighted by Gasteiger charge is -2.15. The third-order valence-electron chi connectivity index (χ3n) is 4.15. The molecular weight excluding hydrogens is 264 g/mol. The van der Waals surface area contributed by atoms with Gasteiger partial charge in [-0.15, -0.1) is 11.8 Å². The molecular formula is C17H24N2S. The lowest BCUT2D eigenvalue weighted by Crippen LogP contribution is -2.30. The molecule has 0 amide bonds. The smallest absolute Gasteiger partial charge is 0.0732 e. The van der Waals surface area contributed by atoms with Crippen LogP contribution in [0.2, 0.25) is 0 Å². The Hall–Kier alpha value is -0.930. The predicted molar refractivity (Wildman–Crippen MR) is 88.5 cm³/mol. The summed E-state index contributed by atoms with van der Waals surface area (Å²) < 4.78 is 0. The van der Waals surface area contributed by atoms with E-state index < -0.39 is 0 Å². The van der Waals surface area contributed by atoms with Crippen molar-refractivity contribution in [3.8, 4) is 0 Å². The molecule has 0 radical (unpaired) electrons. The van der Waals surface area contributed by atoms with Crippen molar-refractivity contribution in [2.75, 3.05) is 12.3 Å². The number of rotatable bonds is 5. The molecule has 1 aromatic heterocycles. The first-order chi connectivity index (χ1) is 9.92. The van der Waals surface area contributed by atoms with Crippen LogP contribution in [0.5, 0.6) is 0 Å². The van der Waals surface area contributed by atoms with Crippen LogP contribution in [0.15, 0.2) is 35.4 Å². The average molecular weight is 288 g/mol. The Morgan fingerprint density at radius 1 is 1.10 bits per heavy atom. The van der Waals surface area contributed by atoms with Gasteiger partial charge in [0.1, 0.15) is 0 Å². The molecule has 0 spiro atoms. The van der Waals surface area contributed by atoms with E-state index in [1.807, 2.05) is 11.8 Å². The monoisotopic (exact) mass is 288 g/mol. The maximum Gasteiger partial charge on any atom is 0.0732 e. The Balaban J connectivity index is 1.43. The van der Waals surface area contributed by atoms with Crippen molar-refractivity contribution in [1.82, 2.24) is 10.3 Å². The van der Waals surface area contributed by atoms with E-state index in [1.165, 1.54) is 54.5 Å². The van der Waals surface area contributed by atoms with Crippen molar-refractivity contribution in [2.24, 2.45) is 0 Å². The fourth-order valence-electron chi connectivity index (χ4n) is 3.03. The number of fused-ring (bicyclic) bond motifs is 1. The first-order valence-corrected chi connectivity index (χ1v) is 8.84. The zero-order chi connectivity index (χ0) is 13.6. The topological polar surface area (TPSA) is 27.8 Å². The molecule has 1 aliphatic carbocycles. The maximum absolute atomic E-state index is 3.73. The van der Waals surface area contributed by atoms with Crippen molar-refractivity contribution >= 4 is 22.7 Å². The highest BCUT2D eigenvalue weighted by atomic mass is 32.2. The molecule has 1 aromatic carbocycles. The quantitative estimate of drug-likeness (QED) is 0.479. The molecule has 108 valence electrons. The fraction of sp³-hybridized carbons (Fsp3) is 0.529. The van der Waals surface area contributed by atoms with E-state index in [4.69, 9.17) is 0 Å². The minimum atomic E-state index is 0.765. The summed E-state index contributed by atoms with van der Waals surface area (Å²) >= 11 is 1.92. The van der Waals surface area contributed by atoms with Gasteiger partial charge in [-0.1, -0.05) is 43.9 Å². The first kappa shape index (κ1) is 14.0. The van der Waals surface area contributed by atoms with Crippen LogP contribution < -0.4 is 5.32 Å². The lowest BCUT2D eigenvalue weighted by atomic mass is 10.1. The highest BCUT2D eigenvalue weighted by Gasteiger charge is 2.10. The van der Waals surface area contributed by atoms with Crippen LogP contribution in [0.4, 0.5) is 0 Å². The number of hydrogen-bond donors (Lipinski definition) is 2. The summed E-state index contributed by atoms with van der Waals surface area (Å²) in [7, 11) is 0. The lowest BCUT2D eigenvalue weighted by molar-refractivity contribution is 0.474. The van der Waals surface area contributed by atoms with Gasteiger partial charge in [0.05, 0.1) is 5.03 Å². The van der Waals surface area contributed by atoms with E-state index in [9.17, 15) is 0 Å². The predicted octanol–water partition coefficient (Wildman–Crippen LogP) is 4.57. The summed E-state index contributed by atoms with van der Waals surface area (Å²) in [6, 6.07) is 11.5. The number of H-pyrrole nitrogens is 1. The van der Waals surface area contributed by atoms with Gasteiger partial charge < -0.3 is 10.3 Å². The van der Waals surface area contributed by atoms with Crippen LogP contribution in [0, 0.1) is 0 Å². The molecule has 3 heteroatoms. The molecule has 1 saturated carbocycles. The number of benzene rings is 1. The largest absolute Gasteiger partial charge is 0.350 e. The van der Waals surface area contributed by atoms with Crippen molar-refractivity contribution in [3.05, 3.63) is 30.3 Å². The number of aromatic amines is 1. The summed E-state index contributed by atoms with van der Waals surface area (Å²) in [5.74, 6) is 1.14. The van der Waals surface area contributed by atoms with Gasteiger partial charge in [-0.25, -0.2) is 0 Å². The first-order valence-electron chi connectivity index (χ1n) is 7.86. The van der Waals surface area contributed by atoms with Crippen molar-refractivity contribution in [2.45, 2.75) is 49.6 Å². The molecule has 3 rings (SSSR count). The van der Waals surface area contributed by atoms with E-state index in [0.29, 0.717) is 0 Å². The number of nitrogens with one attached hydrogen (secondary N) is 2. The maximum atomic E-state index is 3.73. The van der Waals surface area contributed by atoms with Crippen LogP contribution in [-0.4, -0.2) is 23.3 Å². The second-order valence-corrected chi connectivity index (χ2v) is 6.85. The minimum absolute atomic E-state index is 0.765. The third-order valence-corrected chi connectivity index (χ3v) is 5.09. The summed E-state index contributed by atoms with van der Waals surface area (Å²) in [5.41, 5.74) is 1.24. The molecule has 2 nitrogen and oxygen atoms in total. The molecule has 0 atom stereocenters. The van der Waals surface area contributed by atoms with Crippen LogP contribution in [-0.2, 0) is 0 Å². The summed E-state index contributed by atoms with van der Waals surface area (Å²) in [5, 5.41) is 6.33. The van der Waals surface area contributed by atoms with Crippen LogP contribution in [0.1, 0.15) is 38.5 Å². The molecule has 1 aliphatic rings. The Labute approximate surface area is 125 Å². The van der Waals surface area contributed by atoms with Crippen molar-refractivity contribution in [1.29, 1.82) is 0 Å². The molecule has 2 N–H and O–H groups in total. The van der Waals surface area contributed by atoms with Crippen LogP contribution in [0.3, 0.4) is 0 Å². The molecule has 20 heavy (non-hydrogen) atoms. The van der Waals surface area contributed by atoms with Gasteiger partial charge in [0.15, 0.2) is 0 Å². The highest BCUT2D eigenvalue weighted by molar-refractivity contribution is 7.99. The van der Waals surface area contributed by atoms with Gasteiger partial charge in [-0.3, -0.25) is 0 Å². The van der Waals surface area contributed by atoms with Gasteiger partial charge >= 0.3 is 0 Å². The molecule has 0 unspecified atom stereocenters. The number of thioether (sulfide) groups is 1. The zero-order valence-corrected chi connectivity index (χ0v) is 12.8. The SMILES string of the molecule is c1ccc2[nH]c(SCCNC3CCCCCC3)cc2c1. The zero-order valence-electron chi connectivity index (χ0n) is 12.0. The van der Waals surface area contributed by atoms with E-state index in [0.717, 1.165) is 18.3 Å². The van der Waals surface area contributed by atoms with E-state index in [-0.39, 0.29) is 0 Å². The molecule has 1 heterocycles. The molecule has 0 bridgehead atoms. The highest BCUT2D eigenvalue weighted by Crippen LogP contribution is 2.23. The summed E-state index contributed by atoms with van der Waals surface area (Å²) in [6.45, 7) is 1.12. The molecule has 0 aliphatic heterocycles. The Kier molecular flexibility index (Phi) is 5.04. The van der Waals surface area contributed by atoms with Gasteiger partial charge in [-0.2, -0.15) is 0 Å². The van der Waals surface area contributed by atoms with Gasteiger partial charge in [0, 0.05) is 29.2 Å².